The molecule has 0 aromatic rings. The van der Waals surface area contributed by atoms with Gasteiger partial charge >= 0.3 is 0 Å². The zero-order chi connectivity index (χ0) is 10.0. The van der Waals surface area contributed by atoms with Crippen molar-refractivity contribution in [1.29, 1.82) is 0 Å². The maximum atomic E-state index is 5.35. The van der Waals surface area contributed by atoms with Gasteiger partial charge in [0.15, 0.2) is 0 Å². The van der Waals surface area contributed by atoms with E-state index >= 15 is 0 Å². The van der Waals surface area contributed by atoms with Crippen LogP contribution in [0, 0.1) is 5.92 Å². The molecule has 4 heteroatoms. The average Bonchev–Trinajstić information content (AvgIpc) is 2.13. The lowest BCUT2D eigenvalue weighted by molar-refractivity contribution is 0.673. The van der Waals surface area contributed by atoms with Crippen LogP contribution in [0.15, 0.2) is 11.0 Å². The van der Waals surface area contributed by atoms with Gasteiger partial charge in [0.2, 0.25) is 0 Å². The second kappa shape index (κ2) is 4.53. The Morgan fingerprint density at radius 2 is 2.15 bits per heavy atom. The van der Waals surface area contributed by atoms with E-state index in [9.17, 15) is 0 Å². The lowest BCUT2D eigenvalue weighted by atomic mass is 10.0. The summed E-state index contributed by atoms with van der Waals surface area (Å²) in [6.07, 6.45) is 5.19. The molecule has 1 atom stereocenters. The normalized spacial score (nSPS) is 23.5. The minimum atomic E-state index is 0.390. The molecule has 72 valence electrons. The summed E-state index contributed by atoms with van der Waals surface area (Å²) < 4.78 is 0. The van der Waals surface area contributed by atoms with Crippen molar-refractivity contribution in [2.75, 3.05) is 13.3 Å². The van der Waals surface area contributed by atoms with Gasteiger partial charge in [-0.3, -0.25) is 0 Å². The van der Waals surface area contributed by atoms with E-state index in [1.54, 1.807) is 11.8 Å². The van der Waals surface area contributed by atoms with Gasteiger partial charge in [-0.05, 0) is 23.7 Å². The summed E-state index contributed by atoms with van der Waals surface area (Å²) in [5, 5.41) is 0. The van der Waals surface area contributed by atoms with E-state index in [2.05, 4.69) is 19.3 Å². The van der Waals surface area contributed by atoms with Crippen molar-refractivity contribution >= 4 is 46.2 Å². The fourth-order valence-corrected chi connectivity index (χ4v) is 2.98. The number of likely N-dealkylation sites (N-methyl/N-ethyl adjacent to an activating group) is 1. The highest BCUT2D eigenvalue weighted by Crippen LogP contribution is 2.31. The first-order valence-corrected chi connectivity index (χ1v) is 6.23. The van der Waals surface area contributed by atoms with Crippen LogP contribution in [0.2, 0.25) is 0 Å². The topological polar surface area (TPSA) is 3.24 Å². The van der Waals surface area contributed by atoms with Gasteiger partial charge in [-0.2, -0.15) is 0 Å². The minimum absolute atomic E-state index is 0.390. The van der Waals surface area contributed by atoms with Crippen LogP contribution >= 0.6 is 36.2 Å². The summed E-state index contributed by atoms with van der Waals surface area (Å²) in [6, 6.07) is 0. The molecule has 0 amide bonds. The van der Waals surface area contributed by atoms with Gasteiger partial charge in [0.1, 0.15) is 4.99 Å². The molecule has 1 aliphatic heterocycles. The molecule has 0 bridgehead atoms. The van der Waals surface area contributed by atoms with Crippen LogP contribution in [0.3, 0.4) is 0 Å². The molecule has 1 nitrogen and oxygen atoms in total. The van der Waals surface area contributed by atoms with E-state index in [0.717, 1.165) is 16.4 Å². The minimum Gasteiger partial charge on any atom is -0.330 e. The average molecular weight is 231 g/mol. The third-order valence-electron chi connectivity index (χ3n) is 2.21. The van der Waals surface area contributed by atoms with Crippen LogP contribution in [-0.2, 0) is 0 Å². The molecular formula is C9H13NS3. The first-order chi connectivity index (χ1) is 6.11. The predicted octanol–water partition coefficient (Wildman–Crippen LogP) is 2.86. The van der Waals surface area contributed by atoms with Crippen molar-refractivity contribution in [2.24, 2.45) is 5.92 Å². The molecule has 1 heterocycles. The van der Waals surface area contributed by atoms with Gasteiger partial charge in [0.25, 0.3) is 0 Å². The van der Waals surface area contributed by atoms with Gasteiger partial charge in [-0.25, -0.2) is 0 Å². The molecule has 1 aliphatic rings. The Morgan fingerprint density at radius 3 is 2.62 bits per heavy atom. The molecule has 0 radical (unpaired) electrons. The molecule has 13 heavy (non-hydrogen) atoms. The van der Waals surface area contributed by atoms with Crippen molar-refractivity contribution in [1.82, 2.24) is 4.90 Å². The van der Waals surface area contributed by atoms with Gasteiger partial charge in [0, 0.05) is 13.0 Å². The van der Waals surface area contributed by atoms with Crippen molar-refractivity contribution in [3.05, 3.63) is 11.0 Å². The third-order valence-corrected chi connectivity index (χ3v) is 4.04. The Labute approximate surface area is 94.6 Å². The summed E-state index contributed by atoms with van der Waals surface area (Å²) in [7, 11) is 1.95. The van der Waals surface area contributed by atoms with Crippen LogP contribution in [0.1, 0.15) is 13.3 Å². The summed E-state index contributed by atoms with van der Waals surface area (Å²) >= 11 is 12.3. The van der Waals surface area contributed by atoms with Crippen LogP contribution in [-0.4, -0.2) is 28.2 Å². The Morgan fingerprint density at radius 1 is 1.54 bits per heavy atom. The second-order valence-electron chi connectivity index (χ2n) is 2.95. The molecule has 1 rings (SSSR count). The van der Waals surface area contributed by atoms with Crippen molar-refractivity contribution < 1.29 is 0 Å². The molecule has 0 aliphatic carbocycles. The van der Waals surface area contributed by atoms with Crippen LogP contribution < -0.4 is 0 Å². The van der Waals surface area contributed by atoms with E-state index in [0.29, 0.717) is 5.92 Å². The smallest absolute Gasteiger partial charge is 0.107 e. The van der Waals surface area contributed by atoms with Crippen molar-refractivity contribution in [3.63, 3.8) is 0 Å². The molecule has 0 saturated carbocycles. The number of thiocarbonyl (C=S) groups is 2. The highest BCUT2D eigenvalue weighted by molar-refractivity contribution is 8.02. The Kier molecular flexibility index (Phi) is 3.88. The zero-order valence-electron chi connectivity index (χ0n) is 8.03. The maximum absolute atomic E-state index is 5.35. The number of rotatable bonds is 2. The number of hydrogen-bond donors (Lipinski definition) is 0. The van der Waals surface area contributed by atoms with Crippen LogP contribution in [0.25, 0.3) is 0 Å². The van der Waals surface area contributed by atoms with Crippen LogP contribution in [0.4, 0.5) is 0 Å². The number of hydrogen-bond acceptors (Lipinski definition) is 3. The van der Waals surface area contributed by atoms with Gasteiger partial charge in [-0.1, -0.05) is 31.4 Å². The first kappa shape index (κ1) is 11.1. The number of nitrogens with zero attached hydrogens (tertiary/aromatic N) is 1. The molecular weight excluding hydrogens is 218 g/mol. The summed E-state index contributed by atoms with van der Waals surface area (Å²) in [4.78, 5) is 5.02. The SMILES string of the molecule is CCC1C(=S)N(C)C(=S)C=C1SC. The highest BCUT2D eigenvalue weighted by atomic mass is 32.2. The van der Waals surface area contributed by atoms with E-state index < -0.39 is 0 Å². The third kappa shape index (κ3) is 2.11. The molecule has 0 aromatic carbocycles. The van der Waals surface area contributed by atoms with Gasteiger partial charge in [-0.15, -0.1) is 11.8 Å². The monoisotopic (exact) mass is 231 g/mol. The van der Waals surface area contributed by atoms with Gasteiger partial charge < -0.3 is 4.90 Å². The molecule has 0 fully saturated rings. The number of thioether (sulfide) groups is 1. The van der Waals surface area contributed by atoms with Gasteiger partial charge in [0.05, 0.1) is 4.99 Å². The highest BCUT2D eigenvalue weighted by Gasteiger charge is 2.26. The van der Waals surface area contributed by atoms with Crippen molar-refractivity contribution in [3.8, 4) is 0 Å². The lowest BCUT2D eigenvalue weighted by Gasteiger charge is -2.31. The summed E-state index contributed by atoms with van der Waals surface area (Å²) in [6.45, 7) is 2.16. The summed E-state index contributed by atoms with van der Waals surface area (Å²) in [5.74, 6) is 0.390. The Balaban J connectivity index is 3.01. The lowest BCUT2D eigenvalue weighted by Crippen LogP contribution is -2.38. The fourth-order valence-electron chi connectivity index (χ4n) is 1.36. The van der Waals surface area contributed by atoms with E-state index in [1.807, 2.05) is 11.9 Å². The standard InChI is InChI=1S/C9H13NS3/c1-4-6-7(13-3)5-8(11)10(2)9(6)12/h5-6H,4H2,1-3H3. The first-order valence-electron chi connectivity index (χ1n) is 4.19. The maximum Gasteiger partial charge on any atom is 0.107 e. The van der Waals surface area contributed by atoms with E-state index in [-0.39, 0.29) is 0 Å². The predicted molar refractivity (Wildman–Crippen MR) is 68.3 cm³/mol. The molecule has 0 aromatic heterocycles. The summed E-state index contributed by atoms with van der Waals surface area (Å²) in [5.41, 5.74) is 0. The van der Waals surface area contributed by atoms with E-state index in [1.165, 1.54) is 4.91 Å². The molecule has 0 spiro atoms. The van der Waals surface area contributed by atoms with Crippen LogP contribution in [0.5, 0.6) is 0 Å². The molecule has 0 N–H and O–H groups in total. The fraction of sp³-hybridized carbons (Fsp3) is 0.556. The Bertz CT molecular complexity index is 270. The molecule has 0 saturated heterocycles. The quantitative estimate of drug-likeness (QED) is 0.672. The van der Waals surface area contributed by atoms with Crippen molar-refractivity contribution in [2.45, 2.75) is 13.3 Å². The largest absolute Gasteiger partial charge is 0.330 e. The molecule has 1 unspecified atom stereocenters. The Hall–Kier alpha value is 0.0700. The second-order valence-corrected chi connectivity index (χ2v) is 4.66. The van der Waals surface area contributed by atoms with E-state index in [4.69, 9.17) is 24.4 Å². The zero-order valence-corrected chi connectivity index (χ0v) is 10.5.